The highest BCUT2D eigenvalue weighted by Crippen LogP contribution is 2.35. The summed E-state index contributed by atoms with van der Waals surface area (Å²) in [6.45, 7) is 3.92. The lowest BCUT2D eigenvalue weighted by Crippen LogP contribution is -2.05. The van der Waals surface area contributed by atoms with Gasteiger partial charge in [-0.25, -0.2) is 4.79 Å². The second kappa shape index (κ2) is 9.75. The molecule has 0 radical (unpaired) electrons. The van der Waals surface area contributed by atoms with Gasteiger partial charge >= 0.3 is 5.97 Å². The number of aromatic amines is 1. The Kier molecular flexibility index (Phi) is 6.77. The third-order valence-electron chi connectivity index (χ3n) is 5.30. The van der Waals surface area contributed by atoms with Crippen molar-refractivity contribution in [2.75, 3.05) is 17.2 Å². The molecule has 9 heteroatoms. The minimum Gasteiger partial charge on any atom is -0.461 e. The number of esters is 1. The van der Waals surface area contributed by atoms with Gasteiger partial charge in [0.2, 0.25) is 5.91 Å². The van der Waals surface area contributed by atoms with Gasteiger partial charge in [-0.05, 0) is 73.5 Å². The molecular weight excluding hydrogens is 477 g/mol. The quantitative estimate of drug-likeness (QED) is 0.329. The summed E-state index contributed by atoms with van der Waals surface area (Å²) in [5, 5.41) is 6.76. The number of hydrogen-bond donors (Lipinski definition) is 3. The molecule has 0 atom stereocenters. The van der Waals surface area contributed by atoms with E-state index in [1.165, 1.54) is 0 Å². The van der Waals surface area contributed by atoms with Crippen LogP contribution in [0.1, 0.15) is 39.8 Å². The van der Waals surface area contributed by atoms with Crippen LogP contribution in [0.3, 0.4) is 0 Å². The highest BCUT2D eigenvalue weighted by atomic mass is 35.5. The van der Waals surface area contributed by atoms with Gasteiger partial charge in [-0.15, -0.1) is 0 Å². The molecule has 2 amide bonds. The minimum absolute atomic E-state index is 0.0438. The number of anilines is 2. The van der Waals surface area contributed by atoms with Gasteiger partial charge in [-0.2, -0.15) is 0 Å². The number of ether oxygens (including phenoxy) is 1. The van der Waals surface area contributed by atoms with Crippen LogP contribution in [0.2, 0.25) is 10.0 Å². The van der Waals surface area contributed by atoms with Gasteiger partial charge in [-0.1, -0.05) is 23.2 Å². The van der Waals surface area contributed by atoms with E-state index in [4.69, 9.17) is 27.9 Å². The Balaban J connectivity index is 0.000000207. The maximum Gasteiger partial charge on any atom is 0.354 e. The van der Waals surface area contributed by atoms with Crippen molar-refractivity contribution in [3.8, 4) is 0 Å². The normalized spacial score (nSPS) is 14.6. The maximum absolute atomic E-state index is 12.2. The Bertz CT molecular complexity index is 1340. The summed E-state index contributed by atoms with van der Waals surface area (Å²) in [6.07, 6.45) is 2.17. The topological polar surface area (TPSA) is 100 Å². The predicted molar refractivity (Wildman–Crippen MR) is 133 cm³/mol. The smallest absolute Gasteiger partial charge is 0.354 e. The molecule has 2 aromatic carbocycles. The van der Waals surface area contributed by atoms with E-state index in [1.54, 1.807) is 43.3 Å². The van der Waals surface area contributed by atoms with Gasteiger partial charge < -0.3 is 20.4 Å². The Morgan fingerprint density at radius 2 is 1.74 bits per heavy atom. The fourth-order valence-electron chi connectivity index (χ4n) is 3.69. The number of amides is 2. The van der Waals surface area contributed by atoms with E-state index in [0.29, 0.717) is 40.0 Å². The van der Waals surface area contributed by atoms with Crippen molar-refractivity contribution in [3.05, 3.63) is 80.6 Å². The molecule has 34 heavy (non-hydrogen) atoms. The highest BCUT2D eigenvalue weighted by molar-refractivity contribution is 6.36. The van der Waals surface area contributed by atoms with E-state index in [9.17, 15) is 14.4 Å². The summed E-state index contributed by atoms with van der Waals surface area (Å²) >= 11 is 11.7. The predicted octanol–water partition coefficient (Wildman–Crippen LogP) is 5.48. The second-order valence-electron chi connectivity index (χ2n) is 7.73. The standard InChI is InChI=1S/C17H15ClN2O3.C8H6ClNO/c1-3-23-17(22)15-6-9(2)14(19-15)8-12-11-7-10(18)4-5-13(11)20-16(12)21;9-6-1-2-7-5(3-6)4-8(11)10-7/h4-8,19H,3H2,1-2H3,(H,20,21);1-3H,4H2,(H,10,11). The van der Waals surface area contributed by atoms with Crippen LogP contribution >= 0.6 is 23.2 Å². The highest BCUT2D eigenvalue weighted by Gasteiger charge is 2.25. The molecule has 7 nitrogen and oxygen atoms in total. The van der Waals surface area contributed by atoms with Crippen LogP contribution < -0.4 is 10.6 Å². The summed E-state index contributed by atoms with van der Waals surface area (Å²) in [5.41, 5.74) is 5.75. The van der Waals surface area contributed by atoms with E-state index in [0.717, 1.165) is 28.1 Å². The van der Waals surface area contributed by atoms with Gasteiger partial charge in [0.1, 0.15) is 5.69 Å². The molecular formula is C25H21Cl2N3O4. The molecule has 0 aliphatic carbocycles. The van der Waals surface area contributed by atoms with Crippen LogP contribution in [-0.2, 0) is 20.7 Å². The first kappa shape index (κ1) is 23.6. The third kappa shape index (κ3) is 5.00. The molecule has 3 aromatic rings. The third-order valence-corrected chi connectivity index (χ3v) is 5.77. The molecule has 0 unspecified atom stereocenters. The number of halogens is 2. The number of carbonyl (C=O) groups excluding carboxylic acids is 3. The largest absolute Gasteiger partial charge is 0.461 e. The molecule has 2 aliphatic heterocycles. The SMILES string of the molecule is CCOC(=O)c1cc(C)c(C=C2C(=O)Nc3ccc(Cl)cc32)[nH]1.O=C1Cc2cc(Cl)ccc2N1. The number of carbonyl (C=O) groups is 3. The number of aryl methyl sites for hydroxylation is 1. The minimum atomic E-state index is -0.417. The first-order valence-corrected chi connectivity index (χ1v) is 11.3. The molecule has 0 saturated heterocycles. The first-order chi connectivity index (χ1) is 16.2. The first-order valence-electron chi connectivity index (χ1n) is 10.5. The number of fused-ring (bicyclic) bond motifs is 2. The zero-order chi connectivity index (χ0) is 24.4. The van der Waals surface area contributed by atoms with Crippen molar-refractivity contribution >= 4 is 64.0 Å². The fraction of sp³-hybridized carbons (Fsp3) is 0.160. The van der Waals surface area contributed by atoms with Crippen LogP contribution in [0.15, 0.2) is 42.5 Å². The van der Waals surface area contributed by atoms with Crippen LogP contribution in [0.4, 0.5) is 11.4 Å². The van der Waals surface area contributed by atoms with Crippen LogP contribution in [0, 0.1) is 6.92 Å². The Morgan fingerprint density at radius 1 is 1.03 bits per heavy atom. The van der Waals surface area contributed by atoms with Crippen molar-refractivity contribution in [2.24, 2.45) is 0 Å². The number of nitrogens with one attached hydrogen (secondary N) is 3. The molecule has 174 valence electrons. The molecule has 1 aromatic heterocycles. The van der Waals surface area contributed by atoms with E-state index < -0.39 is 5.97 Å². The monoisotopic (exact) mass is 497 g/mol. The van der Waals surface area contributed by atoms with Crippen LogP contribution in [0.5, 0.6) is 0 Å². The number of rotatable bonds is 3. The molecule has 0 bridgehead atoms. The Hall–Kier alpha value is -3.55. The summed E-state index contributed by atoms with van der Waals surface area (Å²) in [4.78, 5) is 37.8. The van der Waals surface area contributed by atoms with Crippen LogP contribution in [0.25, 0.3) is 11.6 Å². The van der Waals surface area contributed by atoms with Gasteiger partial charge in [-0.3, -0.25) is 9.59 Å². The van der Waals surface area contributed by atoms with Crippen molar-refractivity contribution < 1.29 is 19.1 Å². The lowest BCUT2D eigenvalue weighted by Gasteiger charge is -2.00. The lowest BCUT2D eigenvalue weighted by molar-refractivity contribution is -0.115. The second-order valence-corrected chi connectivity index (χ2v) is 8.60. The number of aromatic nitrogens is 1. The summed E-state index contributed by atoms with van der Waals surface area (Å²) < 4.78 is 4.97. The van der Waals surface area contributed by atoms with Crippen molar-refractivity contribution in [1.29, 1.82) is 0 Å². The van der Waals surface area contributed by atoms with Gasteiger partial charge in [0.15, 0.2) is 0 Å². The van der Waals surface area contributed by atoms with Crippen molar-refractivity contribution in [3.63, 3.8) is 0 Å². The van der Waals surface area contributed by atoms with E-state index in [-0.39, 0.29) is 11.8 Å². The maximum atomic E-state index is 12.2. The van der Waals surface area contributed by atoms with E-state index >= 15 is 0 Å². The molecule has 3 N–H and O–H groups in total. The van der Waals surface area contributed by atoms with Gasteiger partial charge in [0, 0.05) is 32.7 Å². The van der Waals surface area contributed by atoms with Crippen molar-refractivity contribution in [2.45, 2.75) is 20.3 Å². The van der Waals surface area contributed by atoms with E-state index in [2.05, 4.69) is 15.6 Å². The molecule has 0 spiro atoms. The summed E-state index contributed by atoms with van der Waals surface area (Å²) in [7, 11) is 0. The lowest BCUT2D eigenvalue weighted by atomic mass is 10.1. The van der Waals surface area contributed by atoms with Gasteiger partial charge in [0.25, 0.3) is 5.91 Å². The number of benzene rings is 2. The zero-order valence-corrected chi connectivity index (χ0v) is 19.9. The molecule has 5 rings (SSSR count). The van der Waals surface area contributed by atoms with E-state index in [1.807, 2.05) is 19.1 Å². The Labute approximate surface area is 206 Å². The van der Waals surface area contributed by atoms with Gasteiger partial charge in [0.05, 0.1) is 18.6 Å². The van der Waals surface area contributed by atoms with Crippen molar-refractivity contribution in [1.82, 2.24) is 4.98 Å². The average molecular weight is 498 g/mol. The van der Waals surface area contributed by atoms with Crippen LogP contribution in [-0.4, -0.2) is 29.4 Å². The number of H-pyrrole nitrogens is 1. The molecule has 0 saturated carbocycles. The average Bonchev–Trinajstić information content (AvgIpc) is 3.43. The summed E-state index contributed by atoms with van der Waals surface area (Å²) in [5.74, 6) is -0.573. The Morgan fingerprint density at radius 3 is 2.47 bits per heavy atom. The molecule has 0 fully saturated rings. The summed E-state index contributed by atoms with van der Waals surface area (Å²) in [6, 6.07) is 12.3. The molecule has 3 heterocycles. The fourth-order valence-corrected chi connectivity index (χ4v) is 4.06. The zero-order valence-electron chi connectivity index (χ0n) is 18.4. The molecule has 2 aliphatic rings. The number of hydrogen-bond acceptors (Lipinski definition) is 4.